The Morgan fingerprint density at radius 1 is 1.36 bits per heavy atom. The molecule has 1 amide bonds. The Morgan fingerprint density at radius 2 is 2.09 bits per heavy atom. The van der Waals surface area contributed by atoms with Crippen LogP contribution < -0.4 is 10.6 Å². The van der Waals surface area contributed by atoms with Crippen molar-refractivity contribution in [3.05, 3.63) is 20.8 Å². The molecular weight excluding hydrogens is 364 g/mol. The molecule has 1 aliphatic carbocycles. The van der Waals surface area contributed by atoms with Gasteiger partial charge in [0.15, 0.2) is 0 Å². The van der Waals surface area contributed by atoms with Gasteiger partial charge in [-0.05, 0) is 74.5 Å². The Kier molecular flexibility index (Phi) is 6.29. The molecule has 1 aliphatic rings. The quantitative estimate of drug-likeness (QED) is 0.801. The minimum Gasteiger partial charge on any atom is -0.444 e. The highest BCUT2D eigenvalue weighted by atomic mass is 79.9. The second kappa shape index (κ2) is 7.79. The highest BCUT2D eigenvalue weighted by molar-refractivity contribution is 9.11. The molecular formula is C16H25BrN2O2S. The molecule has 0 aliphatic heterocycles. The Morgan fingerprint density at radius 3 is 2.73 bits per heavy atom. The van der Waals surface area contributed by atoms with Crippen molar-refractivity contribution in [2.75, 3.05) is 0 Å². The average molecular weight is 389 g/mol. The number of ether oxygens (including phenoxy) is 1. The molecule has 2 N–H and O–H groups in total. The number of carbonyl (C=O) groups is 1. The van der Waals surface area contributed by atoms with Gasteiger partial charge >= 0.3 is 6.09 Å². The molecule has 0 spiro atoms. The molecule has 1 fully saturated rings. The summed E-state index contributed by atoms with van der Waals surface area (Å²) in [6.45, 7) is 6.55. The lowest BCUT2D eigenvalue weighted by atomic mass is 9.91. The number of carbonyl (C=O) groups excluding carboxylic acids is 1. The Bertz CT molecular complexity index is 499. The van der Waals surface area contributed by atoms with Crippen LogP contribution in [0.4, 0.5) is 4.79 Å². The Labute approximate surface area is 145 Å². The molecule has 2 rings (SSSR count). The lowest BCUT2D eigenvalue weighted by Crippen LogP contribution is -2.45. The summed E-state index contributed by atoms with van der Waals surface area (Å²) in [6, 6.07) is 4.88. The molecule has 0 aromatic carbocycles. The molecule has 1 aromatic rings. The van der Waals surface area contributed by atoms with Crippen LogP contribution in [0.2, 0.25) is 0 Å². The van der Waals surface area contributed by atoms with Crippen molar-refractivity contribution in [3.63, 3.8) is 0 Å². The van der Waals surface area contributed by atoms with Crippen molar-refractivity contribution in [2.45, 2.75) is 70.7 Å². The zero-order chi connectivity index (χ0) is 16.2. The summed E-state index contributed by atoms with van der Waals surface area (Å²) in [5.74, 6) is 0. The number of hydrogen-bond acceptors (Lipinski definition) is 4. The second-order valence-corrected chi connectivity index (χ2v) is 9.34. The van der Waals surface area contributed by atoms with E-state index < -0.39 is 5.60 Å². The zero-order valence-electron chi connectivity index (χ0n) is 13.4. The first-order valence-corrected chi connectivity index (χ1v) is 9.40. The maximum Gasteiger partial charge on any atom is 0.407 e. The van der Waals surface area contributed by atoms with E-state index in [2.05, 4.69) is 38.7 Å². The lowest BCUT2D eigenvalue weighted by molar-refractivity contribution is 0.0488. The fourth-order valence-electron chi connectivity index (χ4n) is 2.67. The summed E-state index contributed by atoms with van der Waals surface area (Å²) < 4.78 is 6.50. The van der Waals surface area contributed by atoms with Crippen molar-refractivity contribution >= 4 is 33.4 Å². The highest BCUT2D eigenvalue weighted by Gasteiger charge is 2.25. The van der Waals surface area contributed by atoms with E-state index in [0.717, 1.165) is 29.6 Å². The van der Waals surface area contributed by atoms with Gasteiger partial charge < -0.3 is 15.4 Å². The molecule has 2 atom stereocenters. The number of thiophene rings is 1. The van der Waals surface area contributed by atoms with Gasteiger partial charge in [-0.25, -0.2) is 4.79 Å². The van der Waals surface area contributed by atoms with Crippen LogP contribution in [0.5, 0.6) is 0 Å². The molecule has 4 nitrogen and oxygen atoms in total. The molecule has 0 radical (unpaired) electrons. The Hall–Kier alpha value is -0.590. The van der Waals surface area contributed by atoms with E-state index >= 15 is 0 Å². The predicted molar refractivity (Wildman–Crippen MR) is 94.3 cm³/mol. The van der Waals surface area contributed by atoms with E-state index in [1.807, 2.05) is 20.8 Å². The van der Waals surface area contributed by atoms with Crippen LogP contribution in [-0.4, -0.2) is 23.8 Å². The maximum absolute atomic E-state index is 11.9. The average Bonchev–Trinajstić information content (AvgIpc) is 2.80. The summed E-state index contributed by atoms with van der Waals surface area (Å²) >= 11 is 5.25. The Balaban J connectivity index is 1.75. The van der Waals surface area contributed by atoms with Gasteiger partial charge in [0.1, 0.15) is 5.60 Å². The fraction of sp³-hybridized carbons (Fsp3) is 0.688. The van der Waals surface area contributed by atoms with E-state index in [0.29, 0.717) is 6.04 Å². The molecule has 1 aromatic heterocycles. The number of rotatable bonds is 4. The van der Waals surface area contributed by atoms with E-state index in [1.165, 1.54) is 11.3 Å². The van der Waals surface area contributed by atoms with Gasteiger partial charge in [-0.3, -0.25) is 0 Å². The number of alkyl carbamates (subject to hydrolysis) is 1. The van der Waals surface area contributed by atoms with Crippen LogP contribution in [0.3, 0.4) is 0 Å². The number of amides is 1. The molecule has 6 heteroatoms. The third kappa shape index (κ3) is 6.26. The first kappa shape index (κ1) is 17.8. The molecule has 124 valence electrons. The number of halogens is 1. The molecule has 1 heterocycles. The van der Waals surface area contributed by atoms with Gasteiger partial charge in [0.2, 0.25) is 0 Å². The molecule has 0 saturated heterocycles. The van der Waals surface area contributed by atoms with Gasteiger partial charge in [0.25, 0.3) is 0 Å². The molecule has 22 heavy (non-hydrogen) atoms. The monoisotopic (exact) mass is 388 g/mol. The number of nitrogens with one attached hydrogen (secondary N) is 2. The fourth-order valence-corrected chi connectivity index (χ4v) is 4.11. The summed E-state index contributed by atoms with van der Waals surface area (Å²) in [7, 11) is 0. The molecule has 0 bridgehead atoms. The van der Waals surface area contributed by atoms with Crippen LogP contribution in [0.15, 0.2) is 15.9 Å². The van der Waals surface area contributed by atoms with Gasteiger partial charge in [-0.15, -0.1) is 11.3 Å². The van der Waals surface area contributed by atoms with Crippen molar-refractivity contribution in [1.29, 1.82) is 0 Å². The van der Waals surface area contributed by atoms with Crippen molar-refractivity contribution in [3.8, 4) is 0 Å². The summed E-state index contributed by atoms with van der Waals surface area (Å²) in [5.41, 5.74) is -0.442. The lowest BCUT2D eigenvalue weighted by Gasteiger charge is -2.31. The van der Waals surface area contributed by atoms with Crippen molar-refractivity contribution in [2.24, 2.45) is 0 Å². The highest BCUT2D eigenvalue weighted by Crippen LogP contribution is 2.23. The largest absolute Gasteiger partial charge is 0.444 e. The number of hydrogen-bond donors (Lipinski definition) is 2. The van der Waals surface area contributed by atoms with Crippen molar-refractivity contribution < 1.29 is 9.53 Å². The van der Waals surface area contributed by atoms with Crippen LogP contribution in [-0.2, 0) is 11.3 Å². The predicted octanol–water partition coefficient (Wildman–Crippen LogP) is 4.44. The summed E-state index contributed by atoms with van der Waals surface area (Å²) in [5, 5.41) is 6.60. The van der Waals surface area contributed by atoms with E-state index in [1.54, 1.807) is 11.3 Å². The third-order valence-electron chi connectivity index (χ3n) is 3.59. The minimum absolute atomic E-state index is 0.205. The summed E-state index contributed by atoms with van der Waals surface area (Å²) in [4.78, 5) is 13.2. The van der Waals surface area contributed by atoms with Crippen LogP contribution >= 0.6 is 27.3 Å². The minimum atomic E-state index is -0.442. The molecule has 2 unspecified atom stereocenters. The normalized spacial score (nSPS) is 22.4. The zero-order valence-corrected chi connectivity index (χ0v) is 15.9. The third-order valence-corrected chi connectivity index (χ3v) is 5.21. The topological polar surface area (TPSA) is 50.4 Å². The smallest absolute Gasteiger partial charge is 0.407 e. The van der Waals surface area contributed by atoms with Gasteiger partial charge in [-0.2, -0.15) is 0 Å². The SMILES string of the molecule is CC(C)(C)OC(=O)NC1CCCC(NCc2ccc(Br)s2)C1. The van der Waals surface area contributed by atoms with E-state index in [9.17, 15) is 4.79 Å². The van der Waals surface area contributed by atoms with Crippen LogP contribution in [0.25, 0.3) is 0 Å². The first-order chi connectivity index (χ1) is 10.3. The molecule has 1 saturated carbocycles. The maximum atomic E-state index is 11.9. The van der Waals surface area contributed by atoms with E-state index in [-0.39, 0.29) is 12.1 Å². The van der Waals surface area contributed by atoms with Crippen LogP contribution in [0.1, 0.15) is 51.3 Å². The van der Waals surface area contributed by atoms with E-state index in [4.69, 9.17) is 4.74 Å². The standard InChI is InChI=1S/C16H25BrN2O2S/c1-16(2,3)21-15(20)19-12-6-4-5-11(9-12)18-10-13-7-8-14(17)22-13/h7-8,11-12,18H,4-6,9-10H2,1-3H3,(H,19,20). The first-order valence-electron chi connectivity index (χ1n) is 7.79. The van der Waals surface area contributed by atoms with Gasteiger partial charge in [0, 0.05) is 23.5 Å². The second-order valence-electron chi connectivity index (χ2n) is 6.79. The van der Waals surface area contributed by atoms with Gasteiger partial charge in [-0.1, -0.05) is 0 Å². The van der Waals surface area contributed by atoms with Crippen LogP contribution in [0, 0.1) is 0 Å². The summed E-state index contributed by atoms with van der Waals surface area (Å²) in [6.07, 6.45) is 3.99. The van der Waals surface area contributed by atoms with Gasteiger partial charge in [0.05, 0.1) is 3.79 Å². The van der Waals surface area contributed by atoms with Crippen molar-refractivity contribution in [1.82, 2.24) is 10.6 Å².